The summed E-state index contributed by atoms with van der Waals surface area (Å²) in [5.74, 6) is 0.169. The normalized spacial score (nSPS) is 34.4. The highest BCUT2D eigenvalue weighted by molar-refractivity contribution is 5.92. The minimum Gasteiger partial charge on any atom is -0.369 e. The van der Waals surface area contributed by atoms with E-state index in [4.69, 9.17) is 10.5 Å². The van der Waals surface area contributed by atoms with Crippen LogP contribution in [-0.2, 0) is 9.53 Å². The van der Waals surface area contributed by atoms with Crippen LogP contribution >= 0.6 is 0 Å². The van der Waals surface area contributed by atoms with Crippen LogP contribution in [0.25, 0.3) is 0 Å². The Hall–Kier alpha value is -0.410. The molecule has 2 N–H and O–H groups in total. The van der Waals surface area contributed by atoms with Crippen LogP contribution in [0.4, 0.5) is 0 Å². The average Bonchev–Trinajstić information content (AvgIpc) is 2.28. The minimum atomic E-state index is -0.550. The molecule has 1 aliphatic carbocycles. The molecule has 0 radical (unpaired) electrons. The number of carbonyl (C=O) groups excluding carboxylic acids is 1. The molecule has 0 amide bonds. The van der Waals surface area contributed by atoms with E-state index < -0.39 is 5.54 Å². The summed E-state index contributed by atoms with van der Waals surface area (Å²) in [7, 11) is 0. The van der Waals surface area contributed by atoms with Gasteiger partial charge in [-0.05, 0) is 53.4 Å². The first-order valence-corrected chi connectivity index (χ1v) is 6.20. The minimum absolute atomic E-state index is 0.0483. The van der Waals surface area contributed by atoms with Crippen LogP contribution in [-0.4, -0.2) is 22.5 Å². The van der Waals surface area contributed by atoms with Crippen molar-refractivity contribution in [1.82, 2.24) is 0 Å². The number of carbonyl (C=O) groups is 1. The molecule has 1 saturated carbocycles. The van der Waals surface area contributed by atoms with Crippen molar-refractivity contribution in [2.45, 2.75) is 70.1 Å². The van der Waals surface area contributed by atoms with Crippen molar-refractivity contribution in [2.75, 3.05) is 0 Å². The zero-order valence-electron chi connectivity index (χ0n) is 10.8. The van der Waals surface area contributed by atoms with Crippen molar-refractivity contribution in [3.63, 3.8) is 0 Å². The Labute approximate surface area is 97.7 Å². The molecule has 2 aliphatic rings. The van der Waals surface area contributed by atoms with Gasteiger partial charge in [0.15, 0.2) is 5.78 Å². The third-order valence-corrected chi connectivity index (χ3v) is 4.13. The number of ether oxygens (including phenoxy) is 1. The van der Waals surface area contributed by atoms with Gasteiger partial charge >= 0.3 is 0 Å². The summed E-state index contributed by atoms with van der Waals surface area (Å²) in [6.45, 7) is 8.11. The van der Waals surface area contributed by atoms with Gasteiger partial charge in [-0.15, -0.1) is 0 Å². The van der Waals surface area contributed by atoms with Gasteiger partial charge in [0.1, 0.15) is 0 Å². The molecule has 1 saturated heterocycles. The second kappa shape index (κ2) is 3.30. The zero-order valence-corrected chi connectivity index (χ0v) is 10.8. The lowest BCUT2D eigenvalue weighted by Crippen LogP contribution is -2.58. The van der Waals surface area contributed by atoms with E-state index in [9.17, 15) is 4.79 Å². The van der Waals surface area contributed by atoms with Gasteiger partial charge in [0.25, 0.3) is 0 Å². The van der Waals surface area contributed by atoms with Gasteiger partial charge in [-0.2, -0.15) is 0 Å². The third-order valence-electron chi connectivity index (χ3n) is 4.13. The summed E-state index contributed by atoms with van der Waals surface area (Å²) in [4.78, 5) is 12.4. The molecule has 1 aliphatic heterocycles. The van der Waals surface area contributed by atoms with Crippen molar-refractivity contribution >= 4 is 5.78 Å². The van der Waals surface area contributed by atoms with E-state index >= 15 is 0 Å². The maximum absolute atomic E-state index is 12.4. The molecule has 3 nitrogen and oxygen atoms in total. The molecule has 0 aromatic heterocycles. The summed E-state index contributed by atoms with van der Waals surface area (Å²) in [6.07, 6.45) is 3.56. The Morgan fingerprint density at radius 3 is 2.12 bits per heavy atom. The number of nitrogens with two attached hydrogens (primary N) is 1. The first-order valence-electron chi connectivity index (χ1n) is 6.20. The van der Waals surface area contributed by atoms with Gasteiger partial charge in [0.2, 0.25) is 0 Å². The molecule has 1 atom stereocenters. The molecule has 3 heteroatoms. The monoisotopic (exact) mass is 225 g/mol. The zero-order chi connectivity index (χ0) is 12.2. The second-order valence-electron chi connectivity index (χ2n) is 6.60. The fourth-order valence-electron chi connectivity index (χ4n) is 3.12. The van der Waals surface area contributed by atoms with Crippen LogP contribution < -0.4 is 5.73 Å². The van der Waals surface area contributed by atoms with Crippen LogP contribution in [0.15, 0.2) is 0 Å². The highest BCUT2D eigenvalue weighted by Crippen LogP contribution is 2.46. The van der Waals surface area contributed by atoms with E-state index in [1.807, 2.05) is 27.7 Å². The quantitative estimate of drug-likeness (QED) is 0.782. The Morgan fingerprint density at radius 1 is 1.25 bits per heavy atom. The maximum Gasteiger partial charge on any atom is 0.158 e. The largest absolute Gasteiger partial charge is 0.369 e. The molecule has 16 heavy (non-hydrogen) atoms. The summed E-state index contributed by atoms with van der Waals surface area (Å²) in [5, 5.41) is 0. The predicted molar refractivity (Wildman–Crippen MR) is 63.1 cm³/mol. The highest BCUT2D eigenvalue weighted by Gasteiger charge is 2.54. The topological polar surface area (TPSA) is 52.3 Å². The van der Waals surface area contributed by atoms with Gasteiger partial charge < -0.3 is 10.5 Å². The first-order chi connectivity index (χ1) is 7.16. The Bertz CT molecular complexity index is 316. The molecular weight excluding hydrogens is 202 g/mol. The van der Waals surface area contributed by atoms with E-state index in [0.29, 0.717) is 0 Å². The molecule has 0 aromatic carbocycles. The van der Waals surface area contributed by atoms with Gasteiger partial charge in [-0.1, -0.05) is 0 Å². The molecule has 1 unspecified atom stereocenters. The smallest absolute Gasteiger partial charge is 0.158 e. The Balaban J connectivity index is 2.18. The predicted octanol–water partition coefficient (Wildman–Crippen LogP) is 2.03. The van der Waals surface area contributed by atoms with E-state index in [-0.39, 0.29) is 22.9 Å². The van der Waals surface area contributed by atoms with Crippen molar-refractivity contribution in [3.8, 4) is 0 Å². The van der Waals surface area contributed by atoms with Crippen molar-refractivity contribution < 1.29 is 9.53 Å². The maximum atomic E-state index is 12.4. The summed E-state index contributed by atoms with van der Waals surface area (Å²) < 4.78 is 5.96. The lowest BCUT2D eigenvalue weighted by molar-refractivity contribution is -0.137. The molecule has 0 aromatic rings. The standard InChI is InChI=1S/C13H23NO2/c1-11(2)8-9(12(3,4)16-11)10(15)13(14)6-5-7-13/h9H,5-8,14H2,1-4H3. The fraction of sp³-hybridized carbons (Fsp3) is 0.923. The average molecular weight is 225 g/mol. The summed E-state index contributed by atoms with van der Waals surface area (Å²) >= 11 is 0. The van der Waals surface area contributed by atoms with Crippen LogP contribution in [0.5, 0.6) is 0 Å². The molecule has 0 bridgehead atoms. The van der Waals surface area contributed by atoms with Crippen LogP contribution in [0.1, 0.15) is 53.4 Å². The SMILES string of the molecule is CC1(C)CC(C(=O)C2(N)CCC2)C(C)(C)O1. The van der Waals surface area contributed by atoms with Gasteiger partial charge in [0, 0.05) is 0 Å². The van der Waals surface area contributed by atoms with Gasteiger partial charge in [0.05, 0.1) is 22.7 Å². The van der Waals surface area contributed by atoms with E-state index in [0.717, 1.165) is 25.7 Å². The van der Waals surface area contributed by atoms with Crippen molar-refractivity contribution in [1.29, 1.82) is 0 Å². The number of Topliss-reactive ketones (excluding diaryl/α,β-unsaturated/α-hetero) is 1. The van der Waals surface area contributed by atoms with Gasteiger partial charge in [-0.3, -0.25) is 4.79 Å². The Morgan fingerprint density at radius 2 is 1.81 bits per heavy atom. The molecule has 0 spiro atoms. The van der Waals surface area contributed by atoms with Crippen LogP contribution in [0.2, 0.25) is 0 Å². The van der Waals surface area contributed by atoms with Crippen molar-refractivity contribution in [2.24, 2.45) is 11.7 Å². The summed E-state index contributed by atoms with van der Waals surface area (Å²) in [5.41, 5.74) is 5.00. The molecular formula is C13H23NO2. The van der Waals surface area contributed by atoms with Gasteiger partial charge in [-0.25, -0.2) is 0 Å². The number of hydrogen-bond acceptors (Lipinski definition) is 3. The number of ketones is 1. The number of rotatable bonds is 2. The highest BCUT2D eigenvalue weighted by atomic mass is 16.5. The lowest BCUT2D eigenvalue weighted by Gasteiger charge is -2.40. The van der Waals surface area contributed by atoms with E-state index in [2.05, 4.69) is 0 Å². The van der Waals surface area contributed by atoms with Crippen LogP contribution in [0.3, 0.4) is 0 Å². The number of hydrogen-bond donors (Lipinski definition) is 1. The molecule has 2 fully saturated rings. The molecule has 2 rings (SSSR count). The van der Waals surface area contributed by atoms with Crippen LogP contribution in [0, 0.1) is 5.92 Å². The lowest BCUT2D eigenvalue weighted by atomic mass is 9.67. The first kappa shape index (κ1) is 12.1. The second-order valence-corrected chi connectivity index (χ2v) is 6.60. The molecule has 92 valence electrons. The fourth-order valence-corrected chi connectivity index (χ4v) is 3.12. The Kier molecular flexibility index (Phi) is 2.48. The third kappa shape index (κ3) is 1.80. The van der Waals surface area contributed by atoms with Crippen molar-refractivity contribution in [3.05, 3.63) is 0 Å². The summed E-state index contributed by atoms with van der Waals surface area (Å²) in [6, 6.07) is 0. The van der Waals surface area contributed by atoms with E-state index in [1.54, 1.807) is 0 Å². The molecule has 1 heterocycles. The van der Waals surface area contributed by atoms with E-state index in [1.165, 1.54) is 0 Å².